The van der Waals surface area contributed by atoms with Crippen LogP contribution in [0.3, 0.4) is 0 Å². The minimum atomic E-state index is -0.557. The third-order valence-electron chi connectivity index (χ3n) is 2.40. The van der Waals surface area contributed by atoms with E-state index in [9.17, 15) is 4.79 Å². The summed E-state index contributed by atoms with van der Waals surface area (Å²) in [6.45, 7) is 3.69. The first kappa shape index (κ1) is 11.5. The largest absolute Gasteiger partial charge is 0.392 e. The smallest absolute Gasteiger partial charge is 0.251 e. The van der Waals surface area contributed by atoms with Crippen molar-refractivity contribution < 1.29 is 9.90 Å². The maximum atomic E-state index is 11.7. The number of rotatable bonds is 3. The highest BCUT2D eigenvalue weighted by Crippen LogP contribution is 2.06. The molecule has 0 fully saturated rings. The van der Waals surface area contributed by atoms with E-state index in [-0.39, 0.29) is 12.5 Å². The van der Waals surface area contributed by atoms with E-state index in [1.54, 1.807) is 29.7 Å². The van der Waals surface area contributed by atoms with Crippen LogP contribution in [0.4, 0.5) is 0 Å². The number of fused-ring (bicyclic) bond motifs is 1. The summed E-state index contributed by atoms with van der Waals surface area (Å²) in [5.41, 5.74) is 1.14. The second-order valence-corrected chi connectivity index (χ2v) is 3.95. The summed E-state index contributed by atoms with van der Waals surface area (Å²) < 4.78 is 1.80. The lowest BCUT2D eigenvalue weighted by Gasteiger charge is -2.07. The number of aryl methyl sites for hydroxylation is 1. The molecule has 0 saturated heterocycles. The van der Waals surface area contributed by atoms with E-state index in [2.05, 4.69) is 15.5 Å². The van der Waals surface area contributed by atoms with Crippen LogP contribution in [-0.4, -0.2) is 38.3 Å². The highest BCUT2D eigenvalue weighted by molar-refractivity contribution is 5.95. The van der Waals surface area contributed by atoms with Crippen LogP contribution in [0, 0.1) is 6.92 Å². The van der Waals surface area contributed by atoms with Gasteiger partial charge in [-0.2, -0.15) is 0 Å². The number of aliphatic hydroxyl groups excluding tert-OH is 1. The molecule has 2 rings (SSSR count). The molecule has 0 aromatic carbocycles. The minimum Gasteiger partial charge on any atom is -0.392 e. The molecule has 0 radical (unpaired) electrons. The van der Waals surface area contributed by atoms with Crippen molar-refractivity contribution >= 4 is 11.6 Å². The Hall–Kier alpha value is -1.95. The number of carbonyl (C=O) groups excluding carboxylic acids is 1. The average Bonchev–Trinajstić information content (AvgIpc) is 2.67. The third-order valence-corrected chi connectivity index (χ3v) is 2.40. The van der Waals surface area contributed by atoms with Gasteiger partial charge < -0.3 is 10.4 Å². The Labute approximate surface area is 98.3 Å². The van der Waals surface area contributed by atoms with E-state index < -0.39 is 6.10 Å². The van der Waals surface area contributed by atoms with Gasteiger partial charge in [-0.25, -0.2) is 0 Å². The van der Waals surface area contributed by atoms with E-state index in [0.717, 1.165) is 5.82 Å². The summed E-state index contributed by atoms with van der Waals surface area (Å²) in [7, 11) is 0. The molecule has 1 atom stereocenters. The Kier molecular flexibility index (Phi) is 3.06. The van der Waals surface area contributed by atoms with Crippen molar-refractivity contribution in [2.45, 2.75) is 20.0 Å². The number of pyridine rings is 1. The summed E-state index contributed by atoms with van der Waals surface area (Å²) in [6.07, 6.45) is 1.19. The van der Waals surface area contributed by atoms with Crippen LogP contribution in [0.2, 0.25) is 0 Å². The maximum Gasteiger partial charge on any atom is 0.251 e. The fourth-order valence-electron chi connectivity index (χ4n) is 1.49. The molecule has 6 heteroatoms. The second-order valence-electron chi connectivity index (χ2n) is 3.95. The first-order valence-electron chi connectivity index (χ1n) is 5.35. The molecule has 17 heavy (non-hydrogen) atoms. The lowest BCUT2D eigenvalue weighted by molar-refractivity contribution is 0.0924. The summed E-state index contributed by atoms with van der Waals surface area (Å²) in [5, 5.41) is 19.6. The number of hydrogen-bond donors (Lipinski definition) is 2. The molecule has 6 nitrogen and oxygen atoms in total. The number of aromatic nitrogens is 3. The van der Waals surface area contributed by atoms with Gasteiger partial charge in [0.1, 0.15) is 5.82 Å². The molecule has 0 aliphatic carbocycles. The van der Waals surface area contributed by atoms with Gasteiger partial charge in [0.05, 0.1) is 6.10 Å². The number of nitrogens with zero attached hydrogens (tertiary/aromatic N) is 3. The molecule has 2 aromatic rings. The summed E-state index contributed by atoms with van der Waals surface area (Å²) in [6, 6.07) is 3.36. The number of amides is 1. The van der Waals surface area contributed by atoms with Crippen molar-refractivity contribution in [1.82, 2.24) is 19.9 Å². The Balaban J connectivity index is 2.21. The summed E-state index contributed by atoms with van der Waals surface area (Å²) >= 11 is 0. The van der Waals surface area contributed by atoms with Gasteiger partial charge in [-0.05, 0) is 26.0 Å². The SMILES string of the molecule is Cc1nnc2cc(C(=O)NCC(C)O)ccn12. The highest BCUT2D eigenvalue weighted by atomic mass is 16.3. The van der Waals surface area contributed by atoms with Gasteiger partial charge in [0.25, 0.3) is 5.91 Å². The Morgan fingerprint density at radius 1 is 1.59 bits per heavy atom. The summed E-state index contributed by atoms with van der Waals surface area (Å²) in [5.74, 6) is 0.546. The predicted molar refractivity (Wildman–Crippen MR) is 61.7 cm³/mol. The van der Waals surface area contributed by atoms with Crippen LogP contribution in [-0.2, 0) is 0 Å². The Morgan fingerprint density at radius 2 is 2.35 bits per heavy atom. The molecule has 1 amide bonds. The summed E-state index contributed by atoms with van der Waals surface area (Å²) in [4.78, 5) is 11.7. The molecule has 0 aliphatic heterocycles. The second kappa shape index (κ2) is 4.50. The standard InChI is InChI=1S/C11H14N4O2/c1-7(16)6-12-11(17)9-3-4-15-8(2)13-14-10(15)5-9/h3-5,7,16H,6H2,1-2H3,(H,12,17). The van der Waals surface area contributed by atoms with Crippen LogP contribution in [0.1, 0.15) is 23.1 Å². The van der Waals surface area contributed by atoms with Crippen LogP contribution in [0.25, 0.3) is 5.65 Å². The monoisotopic (exact) mass is 234 g/mol. The lowest BCUT2D eigenvalue weighted by atomic mass is 10.2. The van der Waals surface area contributed by atoms with Gasteiger partial charge in [0.2, 0.25) is 0 Å². The Bertz CT molecular complexity index is 547. The average molecular weight is 234 g/mol. The van der Waals surface area contributed by atoms with Gasteiger partial charge in [-0.15, -0.1) is 10.2 Å². The molecule has 0 aliphatic rings. The van der Waals surface area contributed by atoms with Crippen LogP contribution in [0.5, 0.6) is 0 Å². The first-order valence-corrected chi connectivity index (χ1v) is 5.35. The fourth-order valence-corrected chi connectivity index (χ4v) is 1.49. The molecular weight excluding hydrogens is 220 g/mol. The van der Waals surface area contributed by atoms with Gasteiger partial charge in [-0.3, -0.25) is 9.20 Å². The quantitative estimate of drug-likeness (QED) is 0.792. The number of aliphatic hydroxyl groups is 1. The van der Waals surface area contributed by atoms with Crippen molar-refractivity contribution in [3.8, 4) is 0 Å². The number of hydrogen-bond acceptors (Lipinski definition) is 4. The predicted octanol–water partition coefficient (Wildman–Crippen LogP) is 0.148. The van der Waals surface area contributed by atoms with Crippen LogP contribution >= 0.6 is 0 Å². The van der Waals surface area contributed by atoms with Crippen molar-refractivity contribution in [2.75, 3.05) is 6.54 Å². The molecule has 0 spiro atoms. The molecule has 90 valence electrons. The topological polar surface area (TPSA) is 79.5 Å². The van der Waals surface area contributed by atoms with E-state index in [1.165, 1.54) is 0 Å². The molecular formula is C11H14N4O2. The maximum absolute atomic E-state index is 11.7. The molecule has 0 saturated carbocycles. The lowest BCUT2D eigenvalue weighted by Crippen LogP contribution is -2.30. The number of nitrogens with one attached hydrogen (secondary N) is 1. The van der Waals surface area contributed by atoms with E-state index in [1.807, 2.05) is 6.92 Å². The third kappa shape index (κ3) is 2.42. The van der Waals surface area contributed by atoms with Crippen molar-refractivity contribution in [1.29, 1.82) is 0 Å². The van der Waals surface area contributed by atoms with E-state index >= 15 is 0 Å². The molecule has 2 N–H and O–H groups in total. The van der Waals surface area contributed by atoms with Crippen LogP contribution in [0.15, 0.2) is 18.3 Å². The van der Waals surface area contributed by atoms with Crippen molar-refractivity contribution in [2.24, 2.45) is 0 Å². The number of carbonyl (C=O) groups is 1. The van der Waals surface area contributed by atoms with Gasteiger partial charge in [0, 0.05) is 18.3 Å². The van der Waals surface area contributed by atoms with Gasteiger partial charge in [0.15, 0.2) is 5.65 Å². The van der Waals surface area contributed by atoms with Crippen molar-refractivity contribution in [3.63, 3.8) is 0 Å². The minimum absolute atomic E-state index is 0.228. The fraction of sp³-hybridized carbons (Fsp3) is 0.364. The van der Waals surface area contributed by atoms with Crippen LogP contribution < -0.4 is 5.32 Å². The van der Waals surface area contributed by atoms with Crippen molar-refractivity contribution in [3.05, 3.63) is 29.7 Å². The van der Waals surface area contributed by atoms with Gasteiger partial charge in [-0.1, -0.05) is 0 Å². The molecule has 2 aromatic heterocycles. The van der Waals surface area contributed by atoms with Gasteiger partial charge >= 0.3 is 0 Å². The first-order chi connectivity index (χ1) is 8.08. The molecule has 1 unspecified atom stereocenters. The highest BCUT2D eigenvalue weighted by Gasteiger charge is 2.08. The van der Waals surface area contributed by atoms with E-state index in [0.29, 0.717) is 11.2 Å². The molecule has 0 bridgehead atoms. The zero-order valence-electron chi connectivity index (χ0n) is 9.71. The normalized spacial score (nSPS) is 12.6. The Morgan fingerprint density at radius 3 is 3.06 bits per heavy atom. The zero-order chi connectivity index (χ0) is 12.4. The van der Waals surface area contributed by atoms with E-state index in [4.69, 9.17) is 5.11 Å². The molecule has 2 heterocycles. The zero-order valence-corrected chi connectivity index (χ0v) is 9.71.